The molecule has 1 N–H and O–H groups in total. The maximum absolute atomic E-state index is 8.70. The van der Waals surface area contributed by atoms with Crippen LogP contribution in [0.2, 0.25) is 8.87 Å². The largest absolute Gasteiger partial charge is 0.390 e. The third-order valence-corrected chi connectivity index (χ3v) is 9.04. The summed E-state index contributed by atoms with van der Waals surface area (Å²) in [5.41, 5.74) is 0. The number of rotatable bonds is 8. The Morgan fingerprint density at radius 3 is 2.10 bits per heavy atom. The van der Waals surface area contributed by atoms with Crippen LogP contribution in [0.5, 0.6) is 0 Å². The van der Waals surface area contributed by atoms with Crippen molar-refractivity contribution in [2.75, 3.05) is 6.61 Å². The zero-order chi connectivity index (χ0) is 15.1. The van der Waals surface area contributed by atoms with Gasteiger partial charge >= 0.3 is 69.5 Å². The average Bonchev–Trinajstić information content (AvgIpc) is 2.49. The average molecular weight is 423 g/mol. The first-order chi connectivity index (χ1) is 9.74. The molecule has 0 aromatic carbocycles. The molecule has 118 valence electrons. The van der Waals surface area contributed by atoms with Crippen LogP contribution in [0, 0.1) is 0 Å². The number of hydrogen-bond donors (Lipinski definition) is 1. The van der Waals surface area contributed by atoms with Crippen LogP contribution in [0.25, 0.3) is 0 Å². The van der Waals surface area contributed by atoms with Gasteiger partial charge in [-0.3, -0.25) is 0 Å². The van der Waals surface area contributed by atoms with Crippen molar-refractivity contribution in [1.82, 2.24) is 0 Å². The van der Waals surface area contributed by atoms with Crippen LogP contribution in [-0.2, 0) is 0 Å². The van der Waals surface area contributed by atoms with Gasteiger partial charge in [-0.15, -0.1) is 11.8 Å². The van der Waals surface area contributed by atoms with Crippen LogP contribution in [-0.4, -0.2) is 42.3 Å². The van der Waals surface area contributed by atoms with Gasteiger partial charge in [-0.05, 0) is 12.8 Å². The Balaban J connectivity index is 0.000000370. The molecule has 2 radical (unpaired) electrons. The van der Waals surface area contributed by atoms with E-state index in [1.165, 1.54) is 57.8 Å². The van der Waals surface area contributed by atoms with Gasteiger partial charge in [0, 0.05) is 5.25 Å². The van der Waals surface area contributed by atoms with E-state index in [-0.39, 0.29) is 27.7 Å². The van der Waals surface area contributed by atoms with E-state index in [9.17, 15) is 0 Å². The molecule has 1 rings (SSSR count). The Bertz CT molecular complexity index is 213. The molecule has 1 nitrogen and oxygen atoms in total. The molecule has 0 aliphatic heterocycles. The van der Waals surface area contributed by atoms with Gasteiger partial charge in [0.2, 0.25) is 0 Å². The number of thiocarbonyl (C=S) groups is 1. The van der Waals surface area contributed by atoms with Crippen molar-refractivity contribution >= 4 is 49.3 Å². The van der Waals surface area contributed by atoms with E-state index in [0.717, 1.165) is 4.20 Å². The van der Waals surface area contributed by atoms with Crippen molar-refractivity contribution < 1.29 is 5.11 Å². The summed E-state index contributed by atoms with van der Waals surface area (Å²) >= 11 is 6.80. The van der Waals surface area contributed by atoms with Crippen molar-refractivity contribution in [3.05, 3.63) is 0 Å². The first kappa shape index (κ1) is 21.2. The first-order valence-corrected chi connectivity index (χ1v) is 13.6. The topological polar surface area (TPSA) is 20.2 Å². The maximum atomic E-state index is 8.70. The number of aliphatic hydroxyl groups excluding tert-OH is 1. The fourth-order valence-electron chi connectivity index (χ4n) is 2.13. The van der Waals surface area contributed by atoms with Crippen molar-refractivity contribution in [2.24, 2.45) is 0 Å². The molecule has 1 fully saturated rings. The van der Waals surface area contributed by atoms with Gasteiger partial charge in [-0.1, -0.05) is 31.5 Å². The summed E-state index contributed by atoms with van der Waals surface area (Å²) in [5, 5.41) is 9.40. The minimum Gasteiger partial charge on any atom is -0.390 e. The predicted molar refractivity (Wildman–Crippen MR) is 99.3 cm³/mol. The molecule has 0 aromatic rings. The van der Waals surface area contributed by atoms with Crippen molar-refractivity contribution in [3.8, 4) is 0 Å². The second kappa shape index (κ2) is 16.6. The molecule has 0 saturated heterocycles. The molecule has 1 saturated carbocycles. The van der Waals surface area contributed by atoms with Gasteiger partial charge < -0.3 is 5.11 Å². The van der Waals surface area contributed by atoms with Crippen LogP contribution >= 0.6 is 24.0 Å². The summed E-state index contributed by atoms with van der Waals surface area (Å²) in [6, 6.07) is 0. The van der Waals surface area contributed by atoms with E-state index >= 15 is 0 Å². The molecule has 0 aromatic heterocycles. The van der Waals surface area contributed by atoms with E-state index in [0.29, 0.717) is 5.25 Å². The number of hydrogen-bond acceptors (Lipinski definition) is 3. The van der Waals surface area contributed by atoms with Gasteiger partial charge in [-0.2, -0.15) is 0 Å². The van der Waals surface area contributed by atoms with Gasteiger partial charge in [0.15, 0.2) is 0 Å². The van der Waals surface area contributed by atoms with Crippen LogP contribution in [0.4, 0.5) is 0 Å². The fraction of sp³-hybridized carbons (Fsp3) is 0.938. The Morgan fingerprint density at radius 1 is 1.10 bits per heavy atom. The normalized spacial score (nSPS) is 15.6. The number of unbranched alkanes of at least 4 members (excludes halogenated alkanes) is 2. The Hall–Kier alpha value is 1.20. The molecule has 20 heavy (non-hydrogen) atoms. The Morgan fingerprint density at radius 2 is 1.65 bits per heavy atom. The summed E-state index contributed by atoms with van der Waals surface area (Å²) in [5.74, 6) is 0. The summed E-state index contributed by atoms with van der Waals surface area (Å²) in [7, 11) is 0. The monoisotopic (exact) mass is 424 g/mol. The summed E-state index contributed by atoms with van der Waals surface area (Å²) < 4.78 is 4.01. The van der Waals surface area contributed by atoms with Crippen LogP contribution in [0.3, 0.4) is 0 Å². The smallest absolute Gasteiger partial charge is 0.0843 e. The van der Waals surface area contributed by atoms with Gasteiger partial charge in [0.05, 0.1) is 10.8 Å². The van der Waals surface area contributed by atoms with Crippen LogP contribution < -0.4 is 0 Å². The van der Waals surface area contributed by atoms with Gasteiger partial charge in [0.25, 0.3) is 0 Å². The number of thioether (sulfide) groups is 1. The van der Waals surface area contributed by atoms with Crippen molar-refractivity contribution in [2.45, 2.75) is 85.8 Å². The fourth-order valence-corrected chi connectivity index (χ4v) is 7.72. The molecule has 1 aliphatic rings. The van der Waals surface area contributed by atoms with Gasteiger partial charge in [0.1, 0.15) is 0 Å². The minimum absolute atomic E-state index is 0.0660. The quantitative estimate of drug-likeness (QED) is 0.316. The predicted octanol–water partition coefficient (Wildman–Crippen LogP) is 5.50. The molecule has 0 bridgehead atoms. The summed E-state index contributed by atoms with van der Waals surface area (Å²) in [4.78, 5) is 0. The third kappa shape index (κ3) is 14.1. The van der Waals surface area contributed by atoms with Crippen molar-refractivity contribution in [3.63, 3.8) is 0 Å². The van der Waals surface area contributed by atoms with E-state index in [1.807, 2.05) is 0 Å². The first-order valence-electron chi connectivity index (χ1n) is 8.25. The van der Waals surface area contributed by atoms with Gasteiger partial charge in [-0.25, -0.2) is 0 Å². The number of aliphatic hydroxyl groups is 1. The van der Waals surface area contributed by atoms with Crippen LogP contribution in [0.1, 0.15) is 71.6 Å². The van der Waals surface area contributed by atoms with E-state index in [4.69, 9.17) is 17.3 Å². The SMILES string of the molecule is CCC[CH2][Sn][CH2]CCC.OCC(=S)SC1CCCCC1. The molecule has 0 amide bonds. The molecule has 0 spiro atoms. The molecule has 0 heterocycles. The van der Waals surface area contributed by atoms with E-state index in [2.05, 4.69) is 13.8 Å². The zero-order valence-electron chi connectivity index (χ0n) is 13.3. The Labute approximate surface area is 146 Å². The standard InChI is InChI=1S/C8H14OS2.2C4H9.Sn/c9-6-8(10)11-7-4-2-1-3-5-7;2*1-3-4-2;/h7,9H,1-6H2;2*1,3-4H2,2H3;. The summed E-state index contributed by atoms with van der Waals surface area (Å²) in [6.45, 7) is 4.65. The third-order valence-electron chi connectivity index (χ3n) is 3.39. The summed E-state index contributed by atoms with van der Waals surface area (Å²) in [6.07, 6.45) is 12.5. The van der Waals surface area contributed by atoms with Crippen LogP contribution in [0.15, 0.2) is 0 Å². The molecular formula is C16H32OS2Sn. The molecule has 0 atom stereocenters. The molecule has 0 unspecified atom stereocenters. The molecule has 1 aliphatic carbocycles. The maximum Gasteiger partial charge on any atom is 0.0843 e. The Kier molecular flexibility index (Phi) is 17.6. The minimum atomic E-state index is 0.0660. The molecule has 4 heteroatoms. The molecular weight excluding hydrogens is 391 g/mol. The zero-order valence-corrected chi connectivity index (χ0v) is 17.8. The van der Waals surface area contributed by atoms with Crippen molar-refractivity contribution in [1.29, 1.82) is 0 Å². The second-order valence-electron chi connectivity index (χ2n) is 5.37. The van der Waals surface area contributed by atoms with E-state index < -0.39 is 0 Å². The second-order valence-corrected chi connectivity index (χ2v) is 11.8. The van der Waals surface area contributed by atoms with E-state index in [1.54, 1.807) is 20.6 Å².